The van der Waals surface area contributed by atoms with Gasteiger partial charge in [0.25, 0.3) is 0 Å². The summed E-state index contributed by atoms with van der Waals surface area (Å²) in [4.78, 5) is 14.1. The molecule has 1 aromatic rings. The first-order valence-electron chi connectivity index (χ1n) is 6.67. The number of carbonyl (C=O) groups is 1. The highest BCUT2D eigenvalue weighted by atomic mass is 16.3. The number of aliphatic hydroxyl groups excluding tert-OH is 1. The molecular weight excluding hydrogens is 226 g/mol. The number of nitrogens with zero attached hydrogens (tertiary/aromatic N) is 1. The lowest BCUT2D eigenvalue weighted by Crippen LogP contribution is -2.36. The average Bonchev–Trinajstić information content (AvgIpc) is 3.21. The zero-order valence-electron chi connectivity index (χ0n) is 10.9. The van der Waals surface area contributed by atoms with Gasteiger partial charge in [0, 0.05) is 19.0 Å². The quantitative estimate of drug-likeness (QED) is 0.837. The summed E-state index contributed by atoms with van der Waals surface area (Å²) in [5, 5.41) is 9.02. The van der Waals surface area contributed by atoms with Crippen molar-refractivity contribution in [2.45, 2.75) is 38.1 Å². The van der Waals surface area contributed by atoms with Crippen molar-refractivity contribution in [3.05, 3.63) is 35.9 Å². The van der Waals surface area contributed by atoms with Gasteiger partial charge in [-0.2, -0.15) is 0 Å². The molecule has 1 saturated carbocycles. The van der Waals surface area contributed by atoms with E-state index in [9.17, 15) is 4.79 Å². The van der Waals surface area contributed by atoms with Crippen molar-refractivity contribution in [2.75, 3.05) is 13.2 Å². The van der Waals surface area contributed by atoms with Gasteiger partial charge in [0.2, 0.25) is 5.91 Å². The number of amides is 1. The first-order chi connectivity index (χ1) is 8.72. The van der Waals surface area contributed by atoms with Gasteiger partial charge >= 0.3 is 0 Å². The molecule has 0 saturated heterocycles. The van der Waals surface area contributed by atoms with E-state index in [0.29, 0.717) is 19.0 Å². The minimum atomic E-state index is 0.0575. The monoisotopic (exact) mass is 247 g/mol. The maximum absolute atomic E-state index is 12.2. The van der Waals surface area contributed by atoms with E-state index in [0.717, 1.165) is 12.8 Å². The molecule has 0 spiro atoms. The third-order valence-electron chi connectivity index (χ3n) is 3.50. The van der Waals surface area contributed by atoms with Crippen LogP contribution < -0.4 is 0 Å². The van der Waals surface area contributed by atoms with Gasteiger partial charge in [-0.15, -0.1) is 0 Å². The normalized spacial score (nSPS) is 16.3. The Morgan fingerprint density at radius 2 is 2.06 bits per heavy atom. The molecular formula is C15H21NO2. The molecule has 3 heteroatoms. The van der Waals surface area contributed by atoms with Crippen molar-refractivity contribution in [3.63, 3.8) is 0 Å². The van der Waals surface area contributed by atoms with Crippen LogP contribution in [0, 0.1) is 0 Å². The lowest BCUT2D eigenvalue weighted by molar-refractivity contribution is -0.132. The van der Waals surface area contributed by atoms with Crippen LogP contribution in [0.2, 0.25) is 0 Å². The highest BCUT2D eigenvalue weighted by molar-refractivity contribution is 5.77. The molecule has 2 rings (SSSR count). The summed E-state index contributed by atoms with van der Waals surface area (Å²) in [6.07, 6.45) is 2.71. The van der Waals surface area contributed by atoms with Gasteiger partial charge in [-0.05, 0) is 24.3 Å². The number of carbonyl (C=O) groups excluding carboxylic acids is 1. The molecule has 1 aliphatic rings. The molecule has 1 amide bonds. The summed E-state index contributed by atoms with van der Waals surface area (Å²) in [5.74, 6) is 0.404. The Kier molecular flexibility index (Phi) is 4.37. The molecule has 0 bridgehead atoms. The third-order valence-corrected chi connectivity index (χ3v) is 3.50. The molecule has 1 aliphatic carbocycles. The highest BCUT2D eigenvalue weighted by Gasteiger charge is 2.32. The predicted molar refractivity (Wildman–Crippen MR) is 71.3 cm³/mol. The predicted octanol–water partition coefficient (Wildman–Crippen LogP) is 2.16. The van der Waals surface area contributed by atoms with E-state index in [2.05, 4.69) is 19.1 Å². The topological polar surface area (TPSA) is 40.5 Å². The zero-order valence-corrected chi connectivity index (χ0v) is 10.9. The molecule has 1 atom stereocenters. The van der Waals surface area contributed by atoms with Gasteiger partial charge in [0.05, 0.1) is 6.61 Å². The van der Waals surface area contributed by atoms with Crippen LogP contribution in [-0.2, 0) is 4.79 Å². The summed E-state index contributed by atoms with van der Waals surface area (Å²) < 4.78 is 0. The fraction of sp³-hybridized carbons (Fsp3) is 0.533. The van der Waals surface area contributed by atoms with Gasteiger partial charge in [0.15, 0.2) is 0 Å². The molecule has 0 aliphatic heterocycles. The summed E-state index contributed by atoms with van der Waals surface area (Å²) >= 11 is 0. The minimum Gasteiger partial charge on any atom is -0.395 e. The molecule has 0 aromatic heterocycles. The average molecular weight is 247 g/mol. The van der Waals surface area contributed by atoms with Crippen molar-refractivity contribution in [2.24, 2.45) is 0 Å². The van der Waals surface area contributed by atoms with Crippen LogP contribution in [0.3, 0.4) is 0 Å². The second-order valence-corrected chi connectivity index (χ2v) is 5.06. The number of aliphatic hydroxyl groups is 1. The number of hydrogen-bond donors (Lipinski definition) is 1. The second-order valence-electron chi connectivity index (χ2n) is 5.06. The molecule has 98 valence electrons. The smallest absolute Gasteiger partial charge is 0.223 e. The highest BCUT2D eigenvalue weighted by Crippen LogP contribution is 2.29. The molecule has 1 fully saturated rings. The number of benzene rings is 1. The number of rotatable bonds is 6. The minimum absolute atomic E-state index is 0.0575. The Bertz CT molecular complexity index is 387. The second kappa shape index (κ2) is 6.01. The van der Waals surface area contributed by atoms with E-state index in [-0.39, 0.29) is 18.4 Å². The molecule has 3 nitrogen and oxygen atoms in total. The molecule has 1 N–H and O–H groups in total. The van der Waals surface area contributed by atoms with Crippen LogP contribution in [0.4, 0.5) is 0 Å². The first-order valence-corrected chi connectivity index (χ1v) is 6.67. The maximum atomic E-state index is 12.2. The van der Waals surface area contributed by atoms with Crippen LogP contribution in [0.5, 0.6) is 0 Å². The summed E-state index contributed by atoms with van der Waals surface area (Å²) in [7, 11) is 0. The Balaban J connectivity index is 1.93. The Morgan fingerprint density at radius 1 is 1.39 bits per heavy atom. The van der Waals surface area contributed by atoms with Crippen LogP contribution in [-0.4, -0.2) is 35.1 Å². The van der Waals surface area contributed by atoms with E-state index in [4.69, 9.17) is 5.11 Å². The van der Waals surface area contributed by atoms with E-state index < -0.39 is 0 Å². The lowest BCUT2D eigenvalue weighted by atomic mass is 9.97. The molecule has 18 heavy (non-hydrogen) atoms. The fourth-order valence-corrected chi connectivity index (χ4v) is 2.28. The maximum Gasteiger partial charge on any atom is 0.223 e. The summed E-state index contributed by atoms with van der Waals surface area (Å²) in [5.41, 5.74) is 1.20. The molecule has 0 radical (unpaired) electrons. The van der Waals surface area contributed by atoms with E-state index in [1.165, 1.54) is 5.56 Å². The van der Waals surface area contributed by atoms with E-state index in [1.54, 1.807) is 0 Å². The Morgan fingerprint density at radius 3 is 2.61 bits per heavy atom. The van der Waals surface area contributed by atoms with Crippen molar-refractivity contribution in [1.29, 1.82) is 0 Å². The Hall–Kier alpha value is -1.35. The number of hydrogen-bond acceptors (Lipinski definition) is 2. The van der Waals surface area contributed by atoms with Crippen LogP contribution >= 0.6 is 0 Å². The SMILES string of the molecule is CC(CC(=O)N(CCO)C1CC1)c1ccccc1. The fourth-order valence-electron chi connectivity index (χ4n) is 2.28. The van der Waals surface area contributed by atoms with Crippen molar-refractivity contribution >= 4 is 5.91 Å². The summed E-state index contributed by atoms with van der Waals surface area (Å²) in [6.45, 7) is 2.62. The van der Waals surface area contributed by atoms with Gasteiger partial charge in [-0.25, -0.2) is 0 Å². The molecule has 1 unspecified atom stereocenters. The standard InChI is InChI=1S/C15H21NO2/c1-12(13-5-3-2-4-6-13)11-15(18)16(9-10-17)14-7-8-14/h2-6,12,14,17H,7-11H2,1H3. The van der Waals surface area contributed by atoms with Crippen molar-refractivity contribution in [1.82, 2.24) is 4.90 Å². The van der Waals surface area contributed by atoms with Crippen LogP contribution in [0.1, 0.15) is 37.7 Å². The van der Waals surface area contributed by atoms with E-state index >= 15 is 0 Å². The van der Waals surface area contributed by atoms with Crippen LogP contribution in [0.25, 0.3) is 0 Å². The lowest BCUT2D eigenvalue weighted by Gasteiger charge is -2.23. The third kappa shape index (κ3) is 3.33. The van der Waals surface area contributed by atoms with Crippen LogP contribution in [0.15, 0.2) is 30.3 Å². The van der Waals surface area contributed by atoms with Crippen molar-refractivity contribution in [3.8, 4) is 0 Å². The Labute approximate surface area is 108 Å². The van der Waals surface area contributed by atoms with Crippen molar-refractivity contribution < 1.29 is 9.90 Å². The molecule has 1 aromatic carbocycles. The zero-order chi connectivity index (χ0) is 13.0. The summed E-state index contributed by atoms with van der Waals surface area (Å²) in [6, 6.07) is 10.5. The van der Waals surface area contributed by atoms with Gasteiger partial charge in [0.1, 0.15) is 0 Å². The van der Waals surface area contributed by atoms with E-state index in [1.807, 2.05) is 23.1 Å². The van der Waals surface area contributed by atoms with Gasteiger partial charge in [-0.3, -0.25) is 4.79 Å². The van der Waals surface area contributed by atoms with Gasteiger partial charge < -0.3 is 10.0 Å². The van der Waals surface area contributed by atoms with Gasteiger partial charge in [-0.1, -0.05) is 37.3 Å². The molecule has 0 heterocycles. The first kappa shape index (κ1) is 13.1. The largest absolute Gasteiger partial charge is 0.395 e.